The fraction of sp³-hybridized carbons (Fsp3) is 0.667. The first-order chi connectivity index (χ1) is 3.50. The van der Waals surface area contributed by atoms with Crippen molar-refractivity contribution in [3.63, 3.8) is 0 Å². The first-order valence-corrected chi connectivity index (χ1v) is 1.65. The van der Waals surface area contributed by atoms with E-state index in [0.29, 0.717) is 7.11 Å². The predicted octanol–water partition coefficient (Wildman–Crippen LogP) is -1.02. The zero-order valence-electron chi connectivity index (χ0n) is 3.98. The van der Waals surface area contributed by atoms with E-state index in [2.05, 4.69) is 4.74 Å². The Bertz CT molecular complexity index is 101. The molecule has 0 spiro atoms. The van der Waals surface area contributed by atoms with Crippen molar-refractivity contribution in [1.82, 2.24) is 0 Å². The van der Waals surface area contributed by atoms with Gasteiger partial charge in [-0.2, -0.15) is 8.78 Å². The molecule has 0 rings (SSSR count). The molecule has 0 aliphatic carbocycles. The highest BCUT2D eigenvalue weighted by molar-refractivity contribution is 5.70. The molecule has 0 aliphatic heterocycles. The Morgan fingerprint density at radius 3 is 2.12 bits per heavy atom. The van der Waals surface area contributed by atoms with Crippen LogP contribution < -0.4 is 5.11 Å². The molecule has 0 unspecified atom stereocenters. The molecule has 0 heterocycles. The Kier molecular flexibility index (Phi) is 1.86. The number of carboxylic acid groups (broad SMARTS) is 1. The van der Waals surface area contributed by atoms with E-state index in [4.69, 9.17) is 0 Å². The summed E-state index contributed by atoms with van der Waals surface area (Å²) in [7, 11) is 0.579. The highest BCUT2D eigenvalue weighted by Gasteiger charge is 2.29. The summed E-state index contributed by atoms with van der Waals surface area (Å²) in [6.45, 7) is 0. The van der Waals surface area contributed by atoms with Crippen LogP contribution in [0, 0.1) is 0 Å². The van der Waals surface area contributed by atoms with E-state index >= 15 is 0 Å². The summed E-state index contributed by atoms with van der Waals surface area (Å²) in [4.78, 5) is 9.27. The summed E-state index contributed by atoms with van der Waals surface area (Å²) in [5, 5.41) is 9.27. The highest BCUT2D eigenvalue weighted by atomic mass is 19.3. The van der Waals surface area contributed by atoms with Crippen LogP contribution in [-0.4, -0.2) is 19.2 Å². The monoisotopic (exact) mass is 125 g/mol. The van der Waals surface area contributed by atoms with Crippen molar-refractivity contribution < 1.29 is 23.4 Å². The maximum absolute atomic E-state index is 11.4. The van der Waals surface area contributed by atoms with E-state index in [9.17, 15) is 18.7 Å². The van der Waals surface area contributed by atoms with Crippen LogP contribution in [0.4, 0.5) is 8.78 Å². The molecule has 0 aliphatic rings. The molecule has 0 atom stereocenters. The third-order valence-corrected chi connectivity index (χ3v) is 0.494. The summed E-state index contributed by atoms with van der Waals surface area (Å²) in [5.74, 6) is -2.53. The number of methoxy groups -OCH3 is 1. The fourth-order valence-corrected chi connectivity index (χ4v) is 0.0833. The molecule has 0 aromatic rings. The van der Waals surface area contributed by atoms with Crippen LogP contribution >= 0.6 is 0 Å². The Labute approximate surface area is 43.9 Å². The molecule has 0 amide bonds. The zero-order chi connectivity index (χ0) is 6.78. The Morgan fingerprint density at radius 1 is 1.75 bits per heavy atom. The van der Waals surface area contributed by atoms with Crippen LogP contribution in [0.5, 0.6) is 0 Å². The van der Waals surface area contributed by atoms with Crippen molar-refractivity contribution in [1.29, 1.82) is 0 Å². The molecule has 0 fully saturated rings. The third kappa shape index (κ3) is 1.42. The molecule has 0 bridgehead atoms. The van der Waals surface area contributed by atoms with Crippen molar-refractivity contribution in [3.05, 3.63) is 0 Å². The molecule has 0 N–H and O–H groups in total. The molecule has 48 valence electrons. The molecule has 0 aromatic carbocycles. The second-order valence-electron chi connectivity index (χ2n) is 1.01. The van der Waals surface area contributed by atoms with Crippen molar-refractivity contribution in [2.45, 2.75) is 6.11 Å². The minimum absolute atomic E-state index is 0.579. The van der Waals surface area contributed by atoms with Crippen LogP contribution in [0.1, 0.15) is 0 Å². The number of hydrogen-bond acceptors (Lipinski definition) is 3. The molecular weight excluding hydrogens is 122 g/mol. The summed E-state index contributed by atoms with van der Waals surface area (Å²) in [6.07, 6.45) is -4.15. The summed E-state index contributed by atoms with van der Waals surface area (Å²) in [6, 6.07) is 0. The van der Waals surface area contributed by atoms with Gasteiger partial charge in [-0.15, -0.1) is 0 Å². The SMILES string of the molecule is COC(F)(F)C(=O)[O-]. The van der Waals surface area contributed by atoms with E-state index in [1.165, 1.54) is 0 Å². The van der Waals surface area contributed by atoms with Gasteiger partial charge >= 0.3 is 6.11 Å². The lowest BCUT2D eigenvalue weighted by atomic mass is 10.6. The molecule has 0 radical (unpaired) electrons. The topological polar surface area (TPSA) is 49.4 Å². The van der Waals surface area contributed by atoms with Crippen LogP contribution in [0.3, 0.4) is 0 Å². The van der Waals surface area contributed by atoms with Crippen LogP contribution in [-0.2, 0) is 9.53 Å². The average molecular weight is 125 g/mol. The van der Waals surface area contributed by atoms with Crippen molar-refractivity contribution in [3.8, 4) is 0 Å². The van der Waals surface area contributed by atoms with Crippen molar-refractivity contribution in [2.24, 2.45) is 0 Å². The molecule has 0 saturated heterocycles. The van der Waals surface area contributed by atoms with Gasteiger partial charge in [-0.1, -0.05) is 0 Å². The highest BCUT2D eigenvalue weighted by Crippen LogP contribution is 2.10. The molecule has 3 nitrogen and oxygen atoms in total. The maximum Gasteiger partial charge on any atom is 0.397 e. The van der Waals surface area contributed by atoms with Crippen LogP contribution in [0.2, 0.25) is 0 Å². The van der Waals surface area contributed by atoms with Crippen molar-refractivity contribution in [2.75, 3.05) is 7.11 Å². The number of rotatable bonds is 2. The fourth-order valence-electron chi connectivity index (χ4n) is 0.0833. The van der Waals surface area contributed by atoms with Gasteiger partial charge in [-0.3, -0.25) is 0 Å². The first kappa shape index (κ1) is 7.29. The molecular formula is C3H3F2O3-. The van der Waals surface area contributed by atoms with Gasteiger partial charge in [-0.25, -0.2) is 0 Å². The lowest BCUT2D eigenvalue weighted by Gasteiger charge is -2.12. The molecule has 8 heavy (non-hydrogen) atoms. The number of aliphatic carboxylic acids is 1. The predicted molar refractivity (Wildman–Crippen MR) is 17.0 cm³/mol. The molecule has 0 saturated carbocycles. The Hall–Kier alpha value is -0.710. The summed E-state index contributed by atoms with van der Waals surface area (Å²) in [5.41, 5.74) is 0. The van der Waals surface area contributed by atoms with Gasteiger partial charge in [0.05, 0.1) is 0 Å². The lowest BCUT2D eigenvalue weighted by molar-refractivity contribution is -0.359. The summed E-state index contributed by atoms with van der Waals surface area (Å²) < 4.78 is 26.0. The van der Waals surface area contributed by atoms with Gasteiger partial charge < -0.3 is 14.6 Å². The second-order valence-corrected chi connectivity index (χ2v) is 1.01. The standard InChI is InChI=1S/C3H4F2O3/c1-8-3(4,5)2(6)7/h1H3,(H,6,7)/p-1. The molecule has 5 heteroatoms. The largest absolute Gasteiger partial charge is 0.542 e. The van der Waals surface area contributed by atoms with Gasteiger partial charge in [0.1, 0.15) is 5.97 Å². The zero-order valence-corrected chi connectivity index (χ0v) is 3.98. The van der Waals surface area contributed by atoms with Gasteiger partial charge in [0.2, 0.25) is 0 Å². The first-order valence-electron chi connectivity index (χ1n) is 1.65. The number of carbonyl (C=O) groups is 1. The number of halogens is 2. The normalized spacial score (nSPS) is 11.4. The Balaban J connectivity index is 3.91. The van der Waals surface area contributed by atoms with Gasteiger partial charge in [-0.05, 0) is 0 Å². The van der Waals surface area contributed by atoms with E-state index in [0.717, 1.165) is 0 Å². The minimum atomic E-state index is -4.15. The number of carboxylic acids is 1. The van der Waals surface area contributed by atoms with Gasteiger partial charge in [0.15, 0.2) is 0 Å². The lowest BCUT2D eigenvalue weighted by Crippen LogP contribution is -2.42. The molecule has 0 aromatic heterocycles. The number of hydrogen-bond donors (Lipinski definition) is 0. The van der Waals surface area contributed by atoms with Gasteiger partial charge in [0, 0.05) is 7.11 Å². The van der Waals surface area contributed by atoms with E-state index in [-0.39, 0.29) is 0 Å². The van der Waals surface area contributed by atoms with E-state index in [1.54, 1.807) is 0 Å². The minimum Gasteiger partial charge on any atom is -0.542 e. The van der Waals surface area contributed by atoms with Gasteiger partial charge in [0.25, 0.3) is 0 Å². The smallest absolute Gasteiger partial charge is 0.397 e. The summed E-state index contributed by atoms with van der Waals surface area (Å²) >= 11 is 0. The Morgan fingerprint density at radius 2 is 2.12 bits per heavy atom. The third-order valence-electron chi connectivity index (χ3n) is 0.494. The van der Waals surface area contributed by atoms with E-state index in [1.807, 2.05) is 0 Å². The number of ether oxygens (including phenoxy) is 1. The number of alkyl halides is 2. The van der Waals surface area contributed by atoms with Crippen LogP contribution in [0.25, 0.3) is 0 Å². The maximum atomic E-state index is 11.4. The number of carbonyl (C=O) groups excluding carboxylic acids is 1. The second kappa shape index (κ2) is 2.04. The van der Waals surface area contributed by atoms with E-state index < -0.39 is 12.1 Å². The average Bonchev–Trinajstić information content (AvgIpc) is 1.67. The van der Waals surface area contributed by atoms with Crippen molar-refractivity contribution >= 4 is 5.97 Å². The van der Waals surface area contributed by atoms with Crippen LogP contribution in [0.15, 0.2) is 0 Å². The quantitative estimate of drug-likeness (QED) is 0.474.